The van der Waals surface area contributed by atoms with Gasteiger partial charge in [0.15, 0.2) is 5.41 Å². The summed E-state index contributed by atoms with van der Waals surface area (Å²) in [6.07, 6.45) is 0.370. The van der Waals surface area contributed by atoms with Crippen LogP contribution in [0, 0.1) is 5.41 Å². The molecule has 0 aromatic heterocycles. The highest BCUT2D eigenvalue weighted by atomic mass is 28.4. The third kappa shape index (κ3) is 4.10. The van der Waals surface area contributed by atoms with E-state index in [2.05, 4.69) is 6.58 Å². The van der Waals surface area contributed by atoms with Gasteiger partial charge in [-0.15, -0.1) is 0 Å². The van der Waals surface area contributed by atoms with E-state index in [0.717, 1.165) is 5.57 Å². The molecule has 0 spiro atoms. The molecule has 0 radical (unpaired) electrons. The van der Waals surface area contributed by atoms with Crippen molar-refractivity contribution in [3.05, 3.63) is 23.4 Å². The van der Waals surface area contributed by atoms with Crippen molar-refractivity contribution in [2.24, 2.45) is 5.41 Å². The Balaban J connectivity index is 3.21. The number of carbonyl (C=O) groups is 2. The van der Waals surface area contributed by atoms with Gasteiger partial charge in [0.25, 0.3) is 0 Å². The van der Waals surface area contributed by atoms with E-state index in [1.807, 2.05) is 26.1 Å². The summed E-state index contributed by atoms with van der Waals surface area (Å²) < 4.78 is 21.2. The smallest absolute Gasteiger partial charge is 0.362 e. The third-order valence-corrected chi connectivity index (χ3v) is 6.51. The van der Waals surface area contributed by atoms with Gasteiger partial charge in [0.2, 0.25) is 0 Å². The van der Waals surface area contributed by atoms with E-state index in [1.165, 1.54) is 14.2 Å². The van der Waals surface area contributed by atoms with Gasteiger partial charge in [-0.1, -0.05) is 12.2 Å². The van der Waals surface area contributed by atoms with Gasteiger partial charge in [0, 0.05) is 13.2 Å². The summed E-state index contributed by atoms with van der Waals surface area (Å²) in [6, 6.07) is 0. The second kappa shape index (κ2) is 7.90. The minimum absolute atomic E-state index is 0.181. The van der Waals surface area contributed by atoms with E-state index in [0.29, 0.717) is 18.8 Å². The van der Waals surface area contributed by atoms with Crippen molar-refractivity contribution in [1.29, 1.82) is 0 Å². The molecule has 0 heterocycles. The third-order valence-electron chi connectivity index (χ3n) is 3.91. The van der Waals surface area contributed by atoms with E-state index < -0.39 is 25.9 Å². The monoisotopic (exact) mass is 342 g/mol. The molecule has 0 bridgehead atoms. The zero-order valence-corrected chi connectivity index (χ0v) is 15.6. The zero-order valence-electron chi connectivity index (χ0n) is 14.6. The topological polar surface area (TPSA) is 71.1 Å². The fraction of sp³-hybridized carbons (Fsp3) is 0.625. The molecule has 0 unspecified atom stereocenters. The van der Waals surface area contributed by atoms with Crippen LogP contribution in [0.5, 0.6) is 0 Å². The van der Waals surface area contributed by atoms with Gasteiger partial charge in [-0.3, -0.25) is 9.59 Å². The molecule has 1 saturated carbocycles. The zero-order chi connectivity index (χ0) is 17.7. The normalized spacial score (nSPS) is 19.0. The molecule has 23 heavy (non-hydrogen) atoms. The maximum absolute atomic E-state index is 12.2. The average molecular weight is 342 g/mol. The molecule has 1 fully saturated rings. The molecule has 0 aromatic carbocycles. The first-order chi connectivity index (χ1) is 10.8. The van der Waals surface area contributed by atoms with Crippen LogP contribution in [0.15, 0.2) is 23.4 Å². The van der Waals surface area contributed by atoms with Gasteiger partial charge >= 0.3 is 20.5 Å². The van der Waals surface area contributed by atoms with Gasteiger partial charge in [-0.05, 0) is 44.5 Å². The van der Waals surface area contributed by atoms with Crippen molar-refractivity contribution < 1.29 is 27.9 Å². The Hall–Kier alpha value is -1.44. The van der Waals surface area contributed by atoms with E-state index in [9.17, 15) is 9.59 Å². The fourth-order valence-corrected chi connectivity index (χ4v) is 5.26. The molecule has 130 valence electrons. The Labute approximate surface area is 138 Å². The van der Waals surface area contributed by atoms with Crippen molar-refractivity contribution in [1.82, 2.24) is 0 Å². The molecule has 1 rings (SSSR count). The van der Waals surface area contributed by atoms with E-state index in [1.54, 1.807) is 0 Å². The lowest BCUT2D eigenvalue weighted by Gasteiger charge is -2.24. The molecule has 7 heteroatoms. The van der Waals surface area contributed by atoms with Crippen molar-refractivity contribution in [3.8, 4) is 0 Å². The number of ether oxygens (including phenoxy) is 2. The van der Waals surface area contributed by atoms with Crippen LogP contribution in [0.2, 0.25) is 6.55 Å². The number of allylic oxidation sites excluding steroid dienone is 2. The molecule has 0 saturated heterocycles. The summed E-state index contributed by atoms with van der Waals surface area (Å²) in [6.45, 7) is 10.8. The van der Waals surface area contributed by atoms with Gasteiger partial charge in [-0.25, -0.2) is 0 Å². The first kappa shape index (κ1) is 19.6. The molecule has 0 aliphatic heterocycles. The quantitative estimate of drug-likeness (QED) is 0.401. The molecule has 0 amide bonds. The number of hydrogen-bond donors (Lipinski definition) is 0. The van der Waals surface area contributed by atoms with Crippen LogP contribution in [0.1, 0.15) is 26.7 Å². The lowest BCUT2D eigenvalue weighted by atomic mass is 9.86. The summed E-state index contributed by atoms with van der Waals surface area (Å²) in [5.41, 5.74) is 2.06. The average Bonchev–Trinajstić information content (AvgIpc) is 2.83. The first-order valence-corrected chi connectivity index (χ1v) is 10.0. The summed E-state index contributed by atoms with van der Waals surface area (Å²) in [4.78, 5) is 24.4. The number of methoxy groups -OCH3 is 2. The Bertz CT molecular complexity index is 489. The van der Waals surface area contributed by atoms with E-state index in [4.69, 9.17) is 18.3 Å². The van der Waals surface area contributed by atoms with Crippen LogP contribution in [-0.2, 0) is 27.9 Å². The van der Waals surface area contributed by atoms with Crippen molar-refractivity contribution in [2.45, 2.75) is 33.2 Å². The van der Waals surface area contributed by atoms with Crippen LogP contribution >= 0.6 is 0 Å². The van der Waals surface area contributed by atoms with Gasteiger partial charge in [0.05, 0.1) is 14.2 Å². The maximum Gasteiger partial charge on any atom is 0.362 e. The predicted octanol–water partition coefficient (Wildman–Crippen LogP) is 2.28. The summed E-state index contributed by atoms with van der Waals surface area (Å²) in [5.74, 6) is -1.21. The molecule has 0 atom stereocenters. The van der Waals surface area contributed by atoms with Crippen LogP contribution in [-0.4, -0.2) is 47.9 Å². The minimum Gasteiger partial charge on any atom is -0.468 e. The Morgan fingerprint density at radius 2 is 1.61 bits per heavy atom. The second-order valence-corrected chi connectivity index (χ2v) is 8.47. The molecular weight excluding hydrogens is 316 g/mol. The standard InChI is InChI=1S/C16H26O6Si/c1-7-21-23(6,22-8-2)11-13-10-16(9-12(13)3,14(17)19-4)15(18)20-5/h11H,3,7-10H2,1-2,4-6H3/b13-11-. The second-order valence-electron chi connectivity index (χ2n) is 5.57. The van der Waals surface area contributed by atoms with E-state index in [-0.39, 0.29) is 12.8 Å². The van der Waals surface area contributed by atoms with Crippen LogP contribution in [0.25, 0.3) is 0 Å². The number of hydrogen-bond acceptors (Lipinski definition) is 6. The Kier molecular flexibility index (Phi) is 6.73. The summed E-state index contributed by atoms with van der Waals surface area (Å²) in [7, 11) is -0.0145. The predicted molar refractivity (Wildman–Crippen MR) is 87.8 cm³/mol. The summed E-state index contributed by atoms with van der Waals surface area (Å²) >= 11 is 0. The SMILES string of the molecule is C=C1CC(C(=O)OC)(C(=O)OC)C/C1=C/[Si](C)(OCC)OCC. The van der Waals surface area contributed by atoms with Gasteiger partial charge < -0.3 is 18.3 Å². The summed E-state index contributed by atoms with van der Waals surface area (Å²) in [5, 5.41) is 0. The highest BCUT2D eigenvalue weighted by Crippen LogP contribution is 2.46. The van der Waals surface area contributed by atoms with Gasteiger partial charge in [0.1, 0.15) is 0 Å². The molecule has 1 aliphatic carbocycles. The van der Waals surface area contributed by atoms with Gasteiger partial charge in [-0.2, -0.15) is 0 Å². The first-order valence-electron chi connectivity index (χ1n) is 7.63. The highest BCUT2D eigenvalue weighted by molar-refractivity contribution is 6.71. The van der Waals surface area contributed by atoms with Crippen molar-refractivity contribution in [3.63, 3.8) is 0 Å². The molecule has 0 N–H and O–H groups in total. The van der Waals surface area contributed by atoms with Crippen LogP contribution in [0.3, 0.4) is 0 Å². The van der Waals surface area contributed by atoms with Crippen molar-refractivity contribution >= 4 is 20.5 Å². The lowest BCUT2D eigenvalue weighted by molar-refractivity contribution is -0.168. The maximum atomic E-state index is 12.2. The number of rotatable bonds is 7. The van der Waals surface area contributed by atoms with Crippen LogP contribution in [0.4, 0.5) is 0 Å². The molecule has 0 aromatic rings. The largest absolute Gasteiger partial charge is 0.468 e. The lowest BCUT2D eigenvalue weighted by Crippen LogP contribution is -2.39. The highest BCUT2D eigenvalue weighted by Gasteiger charge is 2.54. The van der Waals surface area contributed by atoms with Crippen LogP contribution < -0.4 is 0 Å². The molecule has 1 aliphatic rings. The molecular formula is C16H26O6Si. The van der Waals surface area contributed by atoms with E-state index >= 15 is 0 Å². The Morgan fingerprint density at radius 1 is 1.13 bits per heavy atom. The Morgan fingerprint density at radius 3 is 2.00 bits per heavy atom. The van der Waals surface area contributed by atoms with Crippen molar-refractivity contribution in [2.75, 3.05) is 27.4 Å². The number of esters is 2. The molecule has 6 nitrogen and oxygen atoms in total. The number of carbonyl (C=O) groups excluding carboxylic acids is 2. The fourth-order valence-electron chi connectivity index (χ4n) is 2.92. The minimum atomic E-state index is -2.54.